The number of sulfonamides is 1. The smallest absolute Gasteiger partial charge is 0.243 e. The second-order valence-corrected chi connectivity index (χ2v) is 13.0. The Labute approximate surface area is 235 Å². The third kappa shape index (κ3) is 4.76. The van der Waals surface area contributed by atoms with E-state index in [-0.39, 0.29) is 5.82 Å². The first-order chi connectivity index (χ1) is 19.3. The highest BCUT2D eigenvalue weighted by atomic mass is 32.2. The van der Waals surface area contributed by atoms with Gasteiger partial charge < -0.3 is 14.4 Å². The monoisotopic (exact) mass is 566 g/mol. The van der Waals surface area contributed by atoms with Gasteiger partial charge in [0.15, 0.2) is 0 Å². The number of fused-ring (bicyclic) bond motifs is 2. The maximum Gasteiger partial charge on any atom is 0.243 e. The van der Waals surface area contributed by atoms with Crippen LogP contribution in [0.2, 0.25) is 0 Å². The van der Waals surface area contributed by atoms with Crippen LogP contribution in [0.4, 0.5) is 10.1 Å². The molecule has 3 heterocycles. The lowest BCUT2D eigenvalue weighted by Crippen LogP contribution is -2.51. The van der Waals surface area contributed by atoms with Crippen LogP contribution in [0.5, 0.6) is 0 Å². The van der Waals surface area contributed by atoms with Crippen molar-refractivity contribution in [2.75, 3.05) is 52.0 Å². The maximum atomic E-state index is 13.9. The van der Waals surface area contributed by atoms with Crippen molar-refractivity contribution < 1.29 is 22.3 Å². The molecule has 10 heteroatoms. The Morgan fingerprint density at radius 3 is 2.50 bits per heavy atom. The molecule has 1 aromatic heterocycles. The molecule has 2 fully saturated rings. The molecule has 6 rings (SSSR count). The third-order valence-electron chi connectivity index (χ3n) is 8.55. The molecule has 0 N–H and O–H groups in total. The van der Waals surface area contributed by atoms with Crippen LogP contribution in [0, 0.1) is 11.2 Å². The molecular formula is C30H35FN4O4S. The van der Waals surface area contributed by atoms with E-state index in [2.05, 4.69) is 16.1 Å². The third-order valence-corrected chi connectivity index (χ3v) is 10.4. The molecule has 3 aliphatic rings. The van der Waals surface area contributed by atoms with Gasteiger partial charge in [0.2, 0.25) is 10.0 Å². The summed E-state index contributed by atoms with van der Waals surface area (Å²) < 4.78 is 55.7. The Hall–Kier alpha value is -3.05. The van der Waals surface area contributed by atoms with E-state index < -0.39 is 15.4 Å². The summed E-state index contributed by atoms with van der Waals surface area (Å²) in [6, 6.07) is 13.9. The second kappa shape index (κ2) is 10.7. The van der Waals surface area contributed by atoms with E-state index in [9.17, 15) is 12.8 Å². The highest BCUT2D eigenvalue weighted by Crippen LogP contribution is 2.45. The van der Waals surface area contributed by atoms with Crippen LogP contribution in [0.3, 0.4) is 0 Å². The van der Waals surface area contributed by atoms with Crippen molar-refractivity contribution >= 4 is 21.8 Å². The molecule has 0 spiro atoms. The van der Waals surface area contributed by atoms with Crippen LogP contribution >= 0.6 is 0 Å². The summed E-state index contributed by atoms with van der Waals surface area (Å²) in [5.41, 5.74) is 4.46. The van der Waals surface area contributed by atoms with Crippen molar-refractivity contribution in [1.29, 1.82) is 0 Å². The van der Waals surface area contributed by atoms with E-state index in [1.807, 2.05) is 23.0 Å². The molecule has 0 amide bonds. The minimum atomic E-state index is -3.70. The molecule has 0 radical (unpaired) electrons. The second-order valence-electron chi connectivity index (χ2n) is 11.0. The minimum Gasteiger partial charge on any atom is -0.384 e. The molecule has 212 valence electrons. The number of anilines is 1. The Bertz CT molecular complexity index is 1500. The molecule has 0 saturated carbocycles. The lowest BCUT2D eigenvalue weighted by atomic mass is 9.69. The van der Waals surface area contributed by atoms with Gasteiger partial charge in [-0.15, -0.1) is 0 Å². The quantitative estimate of drug-likeness (QED) is 0.405. The van der Waals surface area contributed by atoms with E-state index >= 15 is 0 Å². The summed E-state index contributed by atoms with van der Waals surface area (Å²) in [5, 5.41) is 4.59. The molecule has 40 heavy (non-hydrogen) atoms. The van der Waals surface area contributed by atoms with Crippen LogP contribution in [0.25, 0.3) is 11.8 Å². The zero-order valence-corrected chi connectivity index (χ0v) is 23.7. The van der Waals surface area contributed by atoms with Crippen molar-refractivity contribution in [1.82, 2.24) is 14.1 Å². The van der Waals surface area contributed by atoms with Crippen molar-refractivity contribution in [2.24, 2.45) is 5.41 Å². The summed E-state index contributed by atoms with van der Waals surface area (Å²) >= 11 is 0. The zero-order chi connectivity index (χ0) is 27.9. The molecule has 8 nitrogen and oxygen atoms in total. The lowest BCUT2D eigenvalue weighted by molar-refractivity contribution is 0.0733. The van der Waals surface area contributed by atoms with Crippen LogP contribution in [-0.2, 0) is 25.9 Å². The van der Waals surface area contributed by atoms with Gasteiger partial charge in [-0.1, -0.05) is 5.57 Å². The molecule has 1 aliphatic carbocycles. The Balaban J connectivity index is 1.26. The molecular weight excluding hydrogens is 531 g/mol. The normalized spacial score (nSPS) is 23.1. The van der Waals surface area contributed by atoms with Crippen LogP contribution in [0.1, 0.15) is 30.5 Å². The fourth-order valence-corrected chi connectivity index (χ4v) is 8.12. The predicted molar refractivity (Wildman–Crippen MR) is 152 cm³/mol. The summed E-state index contributed by atoms with van der Waals surface area (Å²) in [6.07, 6.45) is 7.34. The summed E-state index contributed by atoms with van der Waals surface area (Å²) in [4.78, 5) is 2.61. The Morgan fingerprint density at radius 1 is 1.02 bits per heavy atom. The number of hydrogen-bond acceptors (Lipinski definition) is 6. The first kappa shape index (κ1) is 27.1. The van der Waals surface area contributed by atoms with Crippen LogP contribution < -0.4 is 4.90 Å². The molecule has 2 saturated heterocycles. The average Bonchev–Trinajstić information content (AvgIpc) is 3.59. The van der Waals surface area contributed by atoms with Crippen LogP contribution in [-0.4, -0.2) is 75.6 Å². The topological polar surface area (TPSA) is 76.9 Å². The predicted octanol–water partition coefficient (Wildman–Crippen LogP) is 4.29. The first-order valence-electron chi connectivity index (χ1n) is 13.7. The summed E-state index contributed by atoms with van der Waals surface area (Å²) in [6.45, 7) is 2.74. The van der Waals surface area contributed by atoms with Gasteiger partial charge in [-0.2, -0.15) is 9.40 Å². The molecule has 2 unspecified atom stereocenters. The largest absolute Gasteiger partial charge is 0.384 e. The van der Waals surface area contributed by atoms with E-state index in [0.29, 0.717) is 50.1 Å². The fraction of sp³-hybridized carbons (Fsp3) is 0.433. The average molecular weight is 567 g/mol. The number of aromatic nitrogens is 2. The van der Waals surface area contributed by atoms with E-state index in [0.717, 1.165) is 47.6 Å². The van der Waals surface area contributed by atoms with Gasteiger partial charge in [0.25, 0.3) is 0 Å². The molecule has 0 bridgehead atoms. The van der Waals surface area contributed by atoms with Crippen molar-refractivity contribution in [3.8, 4) is 5.69 Å². The van der Waals surface area contributed by atoms with E-state index in [1.165, 1.54) is 12.1 Å². The lowest BCUT2D eigenvalue weighted by Gasteiger charge is -2.45. The molecule has 3 aromatic rings. The van der Waals surface area contributed by atoms with Gasteiger partial charge in [-0.05, 0) is 85.9 Å². The number of rotatable bonds is 8. The van der Waals surface area contributed by atoms with Gasteiger partial charge in [0.1, 0.15) is 5.82 Å². The van der Waals surface area contributed by atoms with Crippen LogP contribution in [0.15, 0.2) is 65.2 Å². The fourth-order valence-electron chi connectivity index (χ4n) is 6.59. The Morgan fingerprint density at radius 2 is 1.77 bits per heavy atom. The van der Waals surface area contributed by atoms with Crippen molar-refractivity contribution in [3.05, 3.63) is 77.4 Å². The summed E-state index contributed by atoms with van der Waals surface area (Å²) in [5.74, 6) is -0.295. The number of benzene rings is 2. The van der Waals surface area contributed by atoms with Crippen molar-refractivity contribution in [2.45, 2.75) is 36.6 Å². The minimum absolute atomic E-state index is 0.295. The van der Waals surface area contributed by atoms with E-state index in [4.69, 9.17) is 9.47 Å². The molecule has 2 aromatic carbocycles. The number of ether oxygens (including phenoxy) is 2. The van der Waals surface area contributed by atoms with Gasteiger partial charge in [0.05, 0.1) is 41.7 Å². The standard InChI is InChI=1S/C30H35FN4O4S/c1-38-19-27-4-3-14-34(27)25-9-11-28(12-10-25)40(36,37)33-15-13-23-16-29-22(17-30(23,20-33)21-39-2)18-32-35(29)26-7-5-24(31)6-8-26/h5-12,16,18,27H,3-4,13-15,17,19-21H2,1-2H3. The number of piperidine rings is 1. The summed E-state index contributed by atoms with van der Waals surface area (Å²) in [7, 11) is -0.329. The highest BCUT2D eigenvalue weighted by Gasteiger charge is 2.46. The highest BCUT2D eigenvalue weighted by molar-refractivity contribution is 7.89. The first-order valence-corrected chi connectivity index (χ1v) is 15.2. The van der Waals surface area contributed by atoms with Gasteiger partial charge in [-0.25, -0.2) is 17.5 Å². The number of methoxy groups -OCH3 is 2. The van der Waals surface area contributed by atoms with Gasteiger partial charge in [0, 0.05) is 45.0 Å². The van der Waals surface area contributed by atoms with Crippen molar-refractivity contribution in [3.63, 3.8) is 0 Å². The number of hydrogen-bond donors (Lipinski definition) is 0. The number of halogens is 1. The zero-order valence-electron chi connectivity index (χ0n) is 22.9. The number of nitrogens with zero attached hydrogens (tertiary/aromatic N) is 4. The molecule has 2 atom stereocenters. The maximum absolute atomic E-state index is 13.9. The van der Waals surface area contributed by atoms with Gasteiger partial charge >= 0.3 is 0 Å². The van der Waals surface area contributed by atoms with E-state index in [1.54, 1.807) is 42.8 Å². The SMILES string of the molecule is COCC1CCCN1c1ccc(S(=O)(=O)N2CCC3=Cc4c(cnn4-c4ccc(F)cc4)CC3(COC)C2)cc1. The Kier molecular flexibility index (Phi) is 7.28. The molecule has 2 aliphatic heterocycles. The van der Waals surface area contributed by atoms with Gasteiger partial charge in [-0.3, -0.25) is 0 Å².